The van der Waals surface area contributed by atoms with Gasteiger partial charge in [0.25, 0.3) is 0 Å². The van der Waals surface area contributed by atoms with Gasteiger partial charge in [-0.2, -0.15) is 0 Å². The van der Waals surface area contributed by atoms with Crippen molar-refractivity contribution >= 4 is 15.9 Å². The van der Waals surface area contributed by atoms with E-state index in [9.17, 15) is 9.50 Å². The van der Waals surface area contributed by atoms with E-state index in [2.05, 4.69) is 15.9 Å². The maximum atomic E-state index is 13.1. The third-order valence-corrected chi connectivity index (χ3v) is 4.01. The Morgan fingerprint density at radius 3 is 2.53 bits per heavy atom. The molecule has 19 heavy (non-hydrogen) atoms. The van der Waals surface area contributed by atoms with Crippen LogP contribution in [0.1, 0.15) is 23.6 Å². The first kappa shape index (κ1) is 14.2. The number of aryl methyl sites for hydroxylation is 1. The Morgan fingerprint density at radius 1 is 1.21 bits per heavy atom. The van der Waals surface area contributed by atoms with E-state index >= 15 is 0 Å². The minimum Gasteiger partial charge on any atom is -0.385 e. The fourth-order valence-electron chi connectivity index (χ4n) is 2.31. The third kappa shape index (κ3) is 3.23. The smallest absolute Gasteiger partial charge is 0.124 e. The molecule has 2 rings (SSSR count). The van der Waals surface area contributed by atoms with E-state index in [1.54, 1.807) is 13.0 Å². The van der Waals surface area contributed by atoms with Crippen LogP contribution in [-0.4, -0.2) is 5.11 Å². The lowest BCUT2D eigenvalue weighted by Crippen LogP contribution is -2.25. The molecule has 2 aromatic carbocycles. The highest BCUT2D eigenvalue weighted by Crippen LogP contribution is 2.30. The second-order valence-corrected chi connectivity index (χ2v) is 5.86. The summed E-state index contributed by atoms with van der Waals surface area (Å²) in [5, 5.41) is 10.7. The van der Waals surface area contributed by atoms with Crippen molar-refractivity contribution in [2.24, 2.45) is 0 Å². The van der Waals surface area contributed by atoms with Gasteiger partial charge in [-0.25, -0.2) is 4.39 Å². The highest BCUT2D eigenvalue weighted by atomic mass is 79.9. The first-order chi connectivity index (χ1) is 8.90. The average molecular weight is 323 g/mol. The van der Waals surface area contributed by atoms with Crippen molar-refractivity contribution in [3.63, 3.8) is 0 Å². The van der Waals surface area contributed by atoms with Crippen LogP contribution in [0.3, 0.4) is 0 Å². The van der Waals surface area contributed by atoms with Crippen LogP contribution in [0.2, 0.25) is 0 Å². The predicted molar refractivity (Wildman–Crippen MR) is 78.6 cm³/mol. The van der Waals surface area contributed by atoms with Crippen molar-refractivity contribution in [1.29, 1.82) is 0 Å². The molecule has 2 aromatic rings. The van der Waals surface area contributed by atoms with Gasteiger partial charge in [0.1, 0.15) is 5.82 Å². The van der Waals surface area contributed by atoms with Crippen molar-refractivity contribution in [2.45, 2.75) is 25.9 Å². The van der Waals surface area contributed by atoms with Gasteiger partial charge >= 0.3 is 0 Å². The summed E-state index contributed by atoms with van der Waals surface area (Å²) in [7, 11) is 0. The van der Waals surface area contributed by atoms with Gasteiger partial charge in [0.05, 0.1) is 5.60 Å². The zero-order valence-corrected chi connectivity index (χ0v) is 12.5. The van der Waals surface area contributed by atoms with Crippen molar-refractivity contribution < 1.29 is 9.50 Å². The maximum Gasteiger partial charge on any atom is 0.124 e. The molecule has 0 aliphatic carbocycles. The lowest BCUT2D eigenvalue weighted by molar-refractivity contribution is 0.0568. The molecule has 1 N–H and O–H groups in total. The molecule has 100 valence electrons. The van der Waals surface area contributed by atoms with E-state index in [-0.39, 0.29) is 5.82 Å². The SMILES string of the molecule is Cc1ccccc1C(C)(O)Cc1ccc(F)cc1Br. The number of aliphatic hydroxyl groups is 1. The van der Waals surface area contributed by atoms with Crippen LogP contribution in [0.5, 0.6) is 0 Å². The zero-order chi connectivity index (χ0) is 14.0. The normalized spacial score (nSPS) is 14.2. The van der Waals surface area contributed by atoms with Crippen LogP contribution in [0.25, 0.3) is 0 Å². The molecule has 0 saturated carbocycles. The van der Waals surface area contributed by atoms with Crippen molar-refractivity contribution in [3.8, 4) is 0 Å². The highest BCUT2D eigenvalue weighted by Gasteiger charge is 2.26. The molecule has 0 spiro atoms. The number of hydrogen-bond acceptors (Lipinski definition) is 1. The highest BCUT2D eigenvalue weighted by molar-refractivity contribution is 9.10. The monoisotopic (exact) mass is 322 g/mol. The first-order valence-corrected chi connectivity index (χ1v) is 6.92. The molecule has 0 saturated heterocycles. The molecule has 0 aliphatic rings. The van der Waals surface area contributed by atoms with Gasteiger partial charge in [0.15, 0.2) is 0 Å². The van der Waals surface area contributed by atoms with Crippen LogP contribution in [0.4, 0.5) is 4.39 Å². The molecule has 3 heteroatoms. The summed E-state index contributed by atoms with van der Waals surface area (Å²) in [5.74, 6) is -0.286. The van der Waals surface area contributed by atoms with Gasteiger partial charge in [0.2, 0.25) is 0 Å². The average Bonchev–Trinajstić information content (AvgIpc) is 2.33. The van der Waals surface area contributed by atoms with Gasteiger partial charge in [-0.1, -0.05) is 46.3 Å². The Balaban J connectivity index is 2.33. The number of hydrogen-bond donors (Lipinski definition) is 1. The molecule has 0 radical (unpaired) electrons. The fraction of sp³-hybridized carbons (Fsp3) is 0.250. The molecule has 0 fully saturated rings. The summed E-state index contributed by atoms with van der Waals surface area (Å²) in [6.07, 6.45) is 0.429. The summed E-state index contributed by atoms with van der Waals surface area (Å²) >= 11 is 3.34. The Labute approximate surface area is 121 Å². The van der Waals surface area contributed by atoms with Crippen LogP contribution in [0, 0.1) is 12.7 Å². The summed E-state index contributed by atoms with van der Waals surface area (Å²) in [6.45, 7) is 3.76. The molecule has 1 atom stereocenters. The quantitative estimate of drug-likeness (QED) is 0.890. The Bertz CT molecular complexity index is 593. The molecule has 0 heterocycles. The zero-order valence-electron chi connectivity index (χ0n) is 11.0. The molecule has 0 aliphatic heterocycles. The van der Waals surface area contributed by atoms with Crippen LogP contribution < -0.4 is 0 Å². The lowest BCUT2D eigenvalue weighted by Gasteiger charge is -2.26. The molecule has 0 amide bonds. The number of benzene rings is 2. The second-order valence-electron chi connectivity index (χ2n) is 5.00. The predicted octanol–water partition coefficient (Wildman–Crippen LogP) is 4.35. The summed E-state index contributed by atoms with van der Waals surface area (Å²) in [5.41, 5.74) is 1.85. The standard InChI is InChI=1S/C16H16BrFO/c1-11-5-3-4-6-14(11)16(2,19)10-12-7-8-13(18)9-15(12)17/h3-9,19H,10H2,1-2H3. The molecule has 1 nitrogen and oxygen atoms in total. The van der Waals surface area contributed by atoms with E-state index in [0.29, 0.717) is 10.9 Å². The summed E-state index contributed by atoms with van der Waals surface area (Å²) in [4.78, 5) is 0. The minimum atomic E-state index is -0.980. The van der Waals surface area contributed by atoms with E-state index in [1.807, 2.05) is 31.2 Å². The lowest BCUT2D eigenvalue weighted by atomic mass is 9.86. The second kappa shape index (κ2) is 5.43. The van der Waals surface area contributed by atoms with Gasteiger partial charge in [-0.15, -0.1) is 0 Å². The van der Waals surface area contributed by atoms with E-state index in [1.165, 1.54) is 12.1 Å². The number of halogens is 2. The Morgan fingerprint density at radius 2 is 1.89 bits per heavy atom. The summed E-state index contributed by atoms with van der Waals surface area (Å²) < 4.78 is 13.8. The fourth-order valence-corrected chi connectivity index (χ4v) is 2.80. The third-order valence-electron chi connectivity index (χ3n) is 3.28. The largest absolute Gasteiger partial charge is 0.385 e. The minimum absolute atomic E-state index is 0.286. The van der Waals surface area contributed by atoms with Gasteiger partial charge in [-0.05, 0) is 42.7 Å². The molecular weight excluding hydrogens is 307 g/mol. The summed E-state index contributed by atoms with van der Waals surface area (Å²) in [6, 6.07) is 12.3. The maximum absolute atomic E-state index is 13.1. The van der Waals surface area contributed by atoms with Crippen LogP contribution in [-0.2, 0) is 12.0 Å². The van der Waals surface area contributed by atoms with E-state index < -0.39 is 5.60 Å². The van der Waals surface area contributed by atoms with Crippen molar-refractivity contribution in [1.82, 2.24) is 0 Å². The Kier molecular flexibility index (Phi) is 4.07. The Hall–Kier alpha value is -1.19. The number of rotatable bonds is 3. The van der Waals surface area contributed by atoms with Gasteiger partial charge in [0, 0.05) is 10.9 Å². The van der Waals surface area contributed by atoms with E-state index in [4.69, 9.17) is 0 Å². The molecular formula is C16H16BrFO. The van der Waals surface area contributed by atoms with Crippen molar-refractivity contribution in [2.75, 3.05) is 0 Å². The van der Waals surface area contributed by atoms with Crippen molar-refractivity contribution in [3.05, 3.63) is 69.4 Å². The molecule has 0 aromatic heterocycles. The van der Waals surface area contributed by atoms with E-state index in [0.717, 1.165) is 16.7 Å². The molecule has 1 unspecified atom stereocenters. The van der Waals surface area contributed by atoms with Gasteiger partial charge < -0.3 is 5.11 Å². The molecule has 0 bridgehead atoms. The van der Waals surface area contributed by atoms with Crippen LogP contribution >= 0.6 is 15.9 Å². The van der Waals surface area contributed by atoms with Gasteiger partial charge in [-0.3, -0.25) is 0 Å². The van der Waals surface area contributed by atoms with Crippen LogP contribution in [0.15, 0.2) is 46.9 Å². The first-order valence-electron chi connectivity index (χ1n) is 6.12. The topological polar surface area (TPSA) is 20.2 Å².